The predicted molar refractivity (Wildman–Crippen MR) is 80.8 cm³/mol. The topological polar surface area (TPSA) is 228 Å². The summed E-state index contributed by atoms with van der Waals surface area (Å²) in [4.78, 5) is 0. The van der Waals surface area contributed by atoms with Crippen LogP contribution in [-0.2, 0) is 25.5 Å². The number of rotatable bonds is 9. The van der Waals surface area contributed by atoms with Crippen LogP contribution in [0.1, 0.15) is 0 Å². The maximum absolute atomic E-state index is 10.8. The van der Waals surface area contributed by atoms with E-state index in [-0.39, 0.29) is 5.75 Å². The Balaban J connectivity index is 3.04. The summed E-state index contributed by atoms with van der Waals surface area (Å²) in [6.45, 7) is -1.73. The van der Waals surface area contributed by atoms with Gasteiger partial charge in [0.2, 0.25) is 15.8 Å². The predicted octanol–water partition coefficient (Wildman–Crippen LogP) is -6.06. The molecule has 2 unspecified atom stereocenters. The average molecular weight is 410 g/mol. The third-order valence-electron chi connectivity index (χ3n) is 3.79. The van der Waals surface area contributed by atoms with E-state index < -0.39 is 81.8 Å². The normalized spacial score (nSPS) is 33.6. The van der Waals surface area contributed by atoms with Gasteiger partial charge in [0.15, 0.2) is 11.4 Å². The Morgan fingerprint density at radius 3 is 2.12 bits per heavy atom. The van der Waals surface area contributed by atoms with E-state index in [0.717, 1.165) is 0 Å². The number of hydrogen-bond acceptors (Lipinski definition) is 12. The molecule has 9 atom stereocenters. The Labute approximate surface area is 146 Å². The first kappa shape index (κ1) is 22.9. The molecule has 0 saturated carbocycles. The van der Waals surface area contributed by atoms with Crippen molar-refractivity contribution in [2.24, 2.45) is 0 Å². The highest BCUT2D eigenvalue weighted by Gasteiger charge is 2.56. The number of hydrogen-bond donors (Lipinski definition) is 8. The summed E-state index contributed by atoms with van der Waals surface area (Å²) in [5.74, 6) is -0.250. The Bertz CT molecular complexity index is 515. The van der Waals surface area contributed by atoms with E-state index in [2.05, 4.69) is 4.18 Å². The third-order valence-corrected chi connectivity index (χ3v) is 7.08. The van der Waals surface area contributed by atoms with Crippen LogP contribution in [0.4, 0.5) is 0 Å². The van der Waals surface area contributed by atoms with Crippen LogP contribution in [0.2, 0.25) is 0 Å². The second-order valence-corrected chi connectivity index (χ2v) is 8.88. The highest BCUT2D eigenvalue weighted by Crippen LogP contribution is 2.30. The highest BCUT2D eigenvalue weighted by atomic mass is 32.3. The zero-order chi connectivity index (χ0) is 19.5. The van der Waals surface area contributed by atoms with Crippen molar-refractivity contribution in [3.8, 4) is 0 Å². The molecule has 1 aliphatic rings. The Hall–Kier alpha value is -0.100. The molecule has 14 heteroatoms. The molecular formula is C11H22O12S2. The number of aliphatic hydroxyl groups is 8. The van der Waals surface area contributed by atoms with Crippen molar-refractivity contribution in [2.45, 2.75) is 47.3 Å². The van der Waals surface area contributed by atoms with Crippen LogP contribution in [0, 0.1) is 0 Å². The van der Waals surface area contributed by atoms with Gasteiger partial charge in [-0.05, 0) is 0 Å². The lowest BCUT2D eigenvalue weighted by Gasteiger charge is -2.32. The molecule has 0 aromatic rings. The molecule has 0 bridgehead atoms. The molecule has 0 spiro atoms. The van der Waals surface area contributed by atoms with Crippen LogP contribution in [0.25, 0.3) is 0 Å². The highest BCUT2D eigenvalue weighted by molar-refractivity contribution is 7.98. The molecule has 0 aliphatic carbocycles. The van der Waals surface area contributed by atoms with Crippen LogP contribution < -0.4 is 0 Å². The van der Waals surface area contributed by atoms with Gasteiger partial charge in [-0.3, -0.25) is 4.18 Å². The second-order valence-electron chi connectivity index (χ2n) is 5.51. The first-order chi connectivity index (χ1) is 11.4. The SMILES string of the molecule is O=S(=O)([O-])O[C@@H]([C@H](O)[C@H](O)CO)[C@@H](O)C(O)[S+]1C[C@H](O)[C@@H](O)[C@@H]1CO. The van der Waals surface area contributed by atoms with Gasteiger partial charge >= 0.3 is 0 Å². The first-order valence-corrected chi connectivity index (χ1v) is 9.92. The fraction of sp³-hybridized carbons (Fsp3) is 1.00. The summed E-state index contributed by atoms with van der Waals surface area (Å²) in [5, 5.41) is 75.9. The lowest BCUT2D eigenvalue weighted by Crippen LogP contribution is -2.55. The standard InChI is InChI=1S/C11H22O12S2/c12-1-4(14)8(17)10(23-25(20,21)22)9(18)11(19)24-3-5(15)7(16)6(24)2-13/h4-19H,1-3H2/t4-,5+,6+,7-,8-,9-,10+,11?,24?/m1/s1. The minimum atomic E-state index is -5.47. The summed E-state index contributed by atoms with van der Waals surface area (Å²) in [7, 11) is -6.93. The van der Waals surface area contributed by atoms with Gasteiger partial charge in [0.05, 0.1) is 13.2 Å². The van der Waals surface area contributed by atoms with E-state index in [9.17, 15) is 48.7 Å². The largest absolute Gasteiger partial charge is 0.726 e. The van der Waals surface area contributed by atoms with Gasteiger partial charge < -0.3 is 45.4 Å². The van der Waals surface area contributed by atoms with Crippen molar-refractivity contribution in [3.05, 3.63) is 0 Å². The smallest absolute Gasteiger partial charge is 0.245 e. The van der Waals surface area contributed by atoms with Crippen LogP contribution in [-0.4, -0.2) is 120 Å². The molecule has 1 rings (SSSR count). The summed E-state index contributed by atoms with van der Waals surface area (Å²) < 4.78 is 36.3. The molecular weight excluding hydrogens is 388 g/mol. The quantitative estimate of drug-likeness (QED) is 0.101. The molecule has 150 valence electrons. The minimum absolute atomic E-state index is 0.250. The summed E-state index contributed by atoms with van der Waals surface area (Å²) >= 11 is 0. The van der Waals surface area contributed by atoms with Gasteiger partial charge in [-0.25, -0.2) is 8.42 Å². The molecule has 0 aromatic carbocycles. The molecule has 8 N–H and O–H groups in total. The van der Waals surface area contributed by atoms with Gasteiger partial charge in [0, 0.05) is 10.9 Å². The zero-order valence-corrected chi connectivity index (χ0v) is 14.4. The molecule has 0 aromatic heterocycles. The van der Waals surface area contributed by atoms with E-state index in [1.165, 1.54) is 0 Å². The van der Waals surface area contributed by atoms with Gasteiger partial charge in [-0.1, -0.05) is 0 Å². The van der Waals surface area contributed by atoms with Gasteiger partial charge in [-0.15, -0.1) is 0 Å². The van der Waals surface area contributed by atoms with Gasteiger partial charge in [-0.2, -0.15) is 0 Å². The molecule has 1 saturated heterocycles. The van der Waals surface area contributed by atoms with E-state index in [4.69, 9.17) is 5.11 Å². The van der Waals surface area contributed by atoms with Crippen LogP contribution in [0.15, 0.2) is 0 Å². The zero-order valence-electron chi connectivity index (χ0n) is 12.8. The molecule has 0 amide bonds. The van der Waals surface area contributed by atoms with E-state index >= 15 is 0 Å². The second kappa shape index (κ2) is 9.20. The van der Waals surface area contributed by atoms with Crippen molar-refractivity contribution in [2.75, 3.05) is 19.0 Å². The maximum atomic E-state index is 10.8. The third kappa shape index (κ3) is 5.69. The molecule has 0 radical (unpaired) electrons. The van der Waals surface area contributed by atoms with Crippen molar-refractivity contribution in [1.29, 1.82) is 0 Å². The van der Waals surface area contributed by atoms with E-state index in [0.29, 0.717) is 0 Å². The Morgan fingerprint density at radius 1 is 1.12 bits per heavy atom. The van der Waals surface area contributed by atoms with E-state index in [1.807, 2.05) is 0 Å². The molecule has 1 fully saturated rings. The minimum Gasteiger partial charge on any atom is -0.726 e. The first-order valence-electron chi connectivity index (χ1n) is 7.07. The van der Waals surface area contributed by atoms with Crippen LogP contribution in [0.5, 0.6) is 0 Å². The molecule has 1 heterocycles. The summed E-state index contributed by atoms with van der Waals surface area (Å²) in [5.41, 5.74) is -1.92. The maximum Gasteiger partial charge on any atom is 0.245 e. The van der Waals surface area contributed by atoms with Crippen molar-refractivity contribution in [3.63, 3.8) is 0 Å². The molecule has 25 heavy (non-hydrogen) atoms. The summed E-state index contributed by atoms with van der Waals surface area (Å²) in [6.07, 6.45) is -11.6. The average Bonchev–Trinajstić information content (AvgIpc) is 2.83. The fourth-order valence-electron chi connectivity index (χ4n) is 2.45. The fourth-order valence-corrected chi connectivity index (χ4v) is 5.59. The Morgan fingerprint density at radius 2 is 1.68 bits per heavy atom. The van der Waals surface area contributed by atoms with Crippen LogP contribution >= 0.6 is 0 Å². The van der Waals surface area contributed by atoms with Crippen molar-refractivity contribution in [1.82, 2.24) is 0 Å². The molecule has 12 nitrogen and oxygen atoms in total. The van der Waals surface area contributed by atoms with Crippen molar-refractivity contribution >= 4 is 21.3 Å². The number of aliphatic hydroxyl groups excluding tert-OH is 8. The lowest BCUT2D eigenvalue weighted by atomic mass is 10.0. The monoisotopic (exact) mass is 410 g/mol. The van der Waals surface area contributed by atoms with Gasteiger partial charge in [0.1, 0.15) is 36.3 Å². The lowest BCUT2D eigenvalue weighted by molar-refractivity contribution is -0.119. The van der Waals surface area contributed by atoms with Gasteiger partial charge in [0.25, 0.3) is 0 Å². The Kier molecular flexibility index (Phi) is 8.45. The molecule has 1 aliphatic heterocycles. The van der Waals surface area contributed by atoms with Crippen LogP contribution in [0.3, 0.4) is 0 Å². The van der Waals surface area contributed by atoms with Crippen molar-refractivity contribution < 1.29 is 58.0 Å². The summed E-state index contributed by atoms with van der Waals surface area (Å²) in [6, 6.07) is 0. The van der Waals surface area contributed by atoms with E-state index in [1.54, 1.807) is 0 Å².